The highest BCUT2D eigenvalue weighted by Crippen LogP contribution is 2.30. The number of nitrogens with zero attached hydrogens (tertiary/aromatic N) is 4. The van der Waals surface area contributed by atoms with E-state index in [9.17, 15) is 9.59 Å². The monoisotopic (exact) mass is 304 g/mol. The van der Waals surface area contributed by atoms with Gasteiger partial charge in [0.25, 0.3) is 5.91 Å². The lowest BCUT2D eigenvalue weighted by atomic mass is 10.3. The molecule has 2 aromatic rings. The van der Waals surface area contributed by atoms with Gasteiger partial charge in [0, 0.05) is 19.6 Å². The van der Waals surface area contributed by atoms with Gasteiger partial charge in [-0.05, 0) is 30.2 Å². The molecule has 3 heterocycles. The lowest BCUT2D eigenvalue weighted by Crippen LogP contribution is -2.40. The molecule has 6 nitrogen and oxygen atoms in total. The minimum absolute atomic E-state index is 0.0277. The SMILES string of the molecule is O=C(c1cccs1)N1CCn2c(nn(CC3CC3)c2=O)C1. The molecule has 1 amide bonds. The van der Waals surface area contributed by atoms with E-state index in [1.54, 1.807) is 14.1 Å². The zero-order valence-electron chi connectivity index (χ0n) is 11.6. The van der Waals surface area contributed by atoms with Gasteiger partial charge in [0.05, 0.1) is 11.4 Å². The van der Waals surface area contributed by atoms with Crippen LogP contribution in [0.4, 0.5) is 0 Å². The zero-order chi connectivity index (χ0) is 14.4. The summed E-state index contributed by atoms with van der Waals surface area (Å²) < 4.78 is 3.28. The number of aromatic nitrogens is 3. The molecule has 0 N–H and O–H groups in total. The third-order valence-corrected chi connectivity index (χ3v) is 4.93. The van der Waals surface area contributed by atoms with E-state index in [0.29, 0.717) is 31.4 Å². The Labute approximate surface area is 125 Å². The van der Waals surface area contributed by atoms with E-state index in [0.717, 1.165) is 11.4 Å². The summed E-state index contributed by atoms with van der Waals surface area (Å²) >= 11 is 1.45. The number of hydrogen-bond donors (Lipinski definition) is 0. The van der Waals surface area contributed by atoms with Crippen molar-refractivity contribution < 1.29 is 4.79 Å². The topological polar surface area (TPSA) is 60.1 Å². The largest absolute Gasteiger partial charge is 0.346 e. The van der Waals surface area contributed by atoms with Crippen molar-refractivity contribution in [1.29, 1.82) is 0 Å². The van der Waals surface area contributed by atoms with Gasteiger partial charge in [-0.15, -0.1) is 11.3 Å². The van der Waals surface area contributed by atoms with Crippen molar-refractivity contribution in [2.45, 2.75) is 32.5 Å². The predicted molar refractivity (Wildman–Crippen MR) is 78.3 cm³/mol. The van der Waals surface area contributed by atoms with Crippen molar-refractivity contribution in [2.24, 2.45) is 5.92 Å². The number of fused-ring (bicyclic) bond motifs is 1. The first-order chi connectivity index (χ1) is 10.2. The van der Waals surface area contributed by atoms with Crippen molar-refractivity contribution in [3.8, 4) is 0 Å². The fourth-order valence-corrected chi connectivity index (χ4v) is 3.38. The smallest absolute Gasteiger partial charge is 0.329 e. The Morgan fingerprint density at radius 2 is 2.24 bits per heavy atom. The maximum absolute atomic E-state index is 12.4. The molecule has 2 aromatic heterocycles. The highest BCUT2D eigenvalue weighted by atomic mass is 32.1. The Kier molecular flexibility index (Phi) is 2.95. The van der Waals surface area contributed by atoms with Crippen molar-refractivity contribution >= 4 is 17.2 Å². The lowest BCUT2D eigenvalue weighted by Gasteiger charge is -2.26. The number of hydrogen-bond acceptors (Lipinski definition) is 4. The van der Waals surface area contributed by atoms with E-state index in [-0.39, 0.29) is 11.6 Å². The van der Waals surface area contributed by atoms with E-state index >= 15 is 0 Å². The summed E-state index contributed by atoms with van der Waals surface area (Å²) in [5.74, 6) is 1.35. The van der Waals surface area contributed by atoms with Crippen LogP contribution in [0, 0.1) is 5.92 Å². The molecule has 21 heavy (non-hydrogen) atoms. The van der Waals surface area contributed by atoms with Crippen molar-refractivity contribution in [2.75, 3.05) is 6.54 Å². The highest BCUT2D eigenvalue weighted by Gasteiger charge is 2.28. The van der Waals surface area contributed by atoms with Crippen LogP contribution >= 0.6 is 11.3 Å². The average Bonchev–Trinajstić information content (AvgIpc) is 3.04. The molecule has 1 aliphatic carbocycles. The van der Waals surface area contributed by atoms with Gasteiger partial charge in [-0.2, -0.15) is 5.10 Å². The van der Waals surface area contributed by atoms with E-state index in [4.69, 9.17) is 0 Å². The highest BCUT2D eigenvalue weighted by molar-refractivity contribution is 7.12. The van der Waals surface area contributed by atoms with Crippen LogP contribution in [0.5, 0.6) is 0 Å². The second kappa shape index (κ2) is 4.84. The van der Waals surface area contributed by atoms with Gasteiger partial charge in [-0.1, -0.05) is 6.07 Å². The van der Waals surface area contributed by atoms with Crippen LogP contribution in [0.1, 0.15) is 28.3 Å². The summed E-state index contributed by atoms with van der Waals surface area (Å²) in [6.07, 6.45) is 2.38. The number of carbonyl (C=O) groups is 1. The summed E-state index contributed by atoms with van der Waals surface area (Å²) in [5, 5.41) is 6.32. The molecule has 4 rings (SSSR count). The molecule has 0 saturated heterocycles. The molecular formula is C14H16N4O2S. The molecule has 1 saturated carbocycles. The molecule has 1 fully saturated rings. The number of rotatable bonds is 3. The van der Waals surface area contributed by atoms with E-state index < -0.39 is 0 Å². The van der Waals surface area contributed by atoms with Crippen LogP contribution in [0.15, 0.2) is 22.3 Å². The molecule has 0 radical (unpaired) electrons. The van der Waals surface area contributed by atoms with Crippen LogP contribution in [0.25, 0.3) is 0 Å². The van der Waals surface area contributed by atoms with Gasteiger partial charge in [-0.3, -0.25) is 9.36 Å². The fourth-order valence-electron chi connectivity index (χ4n) is 2.69. The maximum Gasteiger partial charge on any atom is 0.346 e. The van der Waals surface area contributed by atoms with Crippen LogP contribution in [0.2, 0.25) is 0 Å². The first-order valence-electron chi connectivity index (χ1n) is 7.21. The fraction of sp³-hybridized carbons (Fsp3) is 0.500. The van der Waals surface area contributed by atoms with Crippen molar-refractivity contribution in [3.63, 3.8) is 0 Å². The zero-order valence-corrected chi connectivity index (χ0v) is 12.4. The van der Waals surface area contributed by atoms with Gasteiger partial charge < -0.3 is 4.90 Å². The van der Waals surface area contributed by atoms with Gasteiger partial charge in [0.2, 0.25) is 0 Å². The molecule has 110 valence electrons. The molecule has 2 aliphatic rings. The lowest BCUT2D eigenvalue weighted by molar-refractivity contribution is 0.0711. The standard InChI is InChI=1S/C14H16N4O2S/c19-13(11-2-1-7-21-11)16-5-6-17-12(9-16)15-18(14(17)20)8-10-3-4-10/h1-2,7,10H,3-6,8-9H2. The van der Waals surface area contributed by atoms with Crippen molar-refractivity contribution in [3.05, 3.63) is 38.7 Å². The normalized spacial score (nSPS) is 17.8. The minimum Gasteiger partial charge on any atom is -0.329 e. The van der Waals surface area contributed by atoms with E-state index in [1.165, 1.54) is 24.2 Å². The summed E-state index contributed by atoms with van der Waals surface area (Å²) in [5.41, 5.74) is -0.0277. The molecule has 0 spiro atoms. The Hall–Kier alpha value is -1.89. The third kappa shape index (κ3) is 2.31. The first-order valence-corrected chi connectivity index (χ1v) is 8.09. The number of thiophene rings is 1. The molecular weight excluding hydrogens is 288 g/mol. The van der Waals surface area contributed by atoms with Crippen LogP contribution in [-0.2, 0) is 19.6 Å². The van der Waals surface area contributed by atoms with E-state index in [1.807, 2.05) is 17.5 Å². The van der Waals surface area contributed by atoms with Gasteiger partial charge in [-0.25, -0.2) is 9.48 Å². The number of amides is 1. The van der Waals surface area contributed by atoms with E-state index in [2.05, 4.69) is 5.10 Å². The Morgan fingerprint density at radius 3 is 2.95 bits per heavy atom. The Bertz CT molecular complexity index is 727. The Morgan fingerprint density at radius 1 is 1.38 bits per heavy atom. The summed E-state index contributed by atoms with van der Waals surface area (Å²) in [7, 11) is 0. The first kappa shape index (κ1) is 12.8. The second-order valence-electron chi connectivity index (χ2n) is 5.68. The van der Waals surface area contributed by atoms with Gasteiger partial charge in [0.15, 0.2) is 5.82 Å². The maximum atomic E-state index is 12.4. The van der Waals surface area contributed by atoms with Gasteiger partial charge in [0.1, 0.15) is 0 Å². The van der Waals surface area contributed by atoms with Gasteiger partial charge >= 0.3 is 5.69 Å². The molecule has 0 aromatic carbocycles. The van der Waals surface area contributed by atoms with Crippen LogP contribution in [0.3, 0.4) is 0 Å². The average molecular weight is 304 g/mol. The quantitative estimate of drug-likeness (QED) is 0.855. The Balaban J connectivity index is 1.57. The summed E-state index contributed by atoms with van der Waals surface area (Å²) in [4.78, 5) is 27.1. The van der Waals surface area contributed by atoms with Crippen LogP contribution in [-0.4, -0.2) is 31.7 Å². The number of carbonyl (C=O) groups excluding carboxylic acids is 1. The molecule has 0 atom stereocenters. The molecule has 0 bridgehead atoms. The molecule has 7 heteroatoms. The van der Waals surface area contributed by atoms with Crippen molar-refractivity contribution in [1.82, 2.24) is 19.2 Å². The summed E-state index contributed by atoms with van der Waals surface area (Å²) in [6.45, 7) is 2.25. The predicted octanol–water partition coefficient (Wildman–Crippen LogP) is 1.17. The molecule has 1 aliphatic heterocycles. The summed E-state index contributed by atoms with van der Waals surface area (Å²) in [6, 6.07) is 3.71. The molecule has 0 unspecified atom stereocenters. The van der Waals surface area contributed by atoms with Crippen LogP contribution < -0.4 is 5.69 Å². The second-order valence-corrected chi connectivity index (χ2v) is 6.63. The minimum atomic E-state index is -0.0277. The third-order valence-electron chi connectivity index (χ3n) is 4.07.